The van der Waals surface area contributed by atoms with Crippen LogP contribution < -0.4 is 14.8 Å². The summed E-state index contributed by atoms with van der Waals surface area (Å²) in [6.07, 6.45) is 5.23. The zero-order chi connectivity index (χ0) is 18.1. The molecule has 6 nitrogen and oxygen atoms in total. The normalized spacial score (nSPS) is 25.7. The first-order valence-electron chi connectivity index (χ1n) is 9.68. The van der Waals surface area contributed by atoms with Gasteiger partial charge in [-0.25, -0.2) is 4.79 Å². The van der Waals surface area contributed by atoms with Gasteiger partial charge in [-0.15, -0.1) is 0 Å². The minimum absolute atomic E-state index is 0.0117. The molecule has 3 heterocycles. The quantitative estimate of drug-likeness (QED) is 0.878. The predicted molar refractivity (Wildman–Crippen MR) is 101 cm³/mol. The summed E-state index contributed by atoms with van der Waals surface area (Å²) in [5.41, 5.74) is 0.735. The average molecular weight is 359 g/mol. The zero-order valence-corrected chi connectivity index (χ0v) is 15.7. The number of ether oxygens (including phenoxy) is 2. The van der Waals surface area contributed by atoms with Crippen molar-refractivity contribution in [3.8, 4) is 11.5 Å². The highest BCUT2D eigenvalue weighted by atomic mass is 16.5. The van der Waals surface area contributed by atoms with E-state index >= 15 is 0 Å². The summed E-state index contributed by atoms with van der Waals surface area (Å²) >= 11 is 0. The van der Waals surface area contributed by atoms with Crippen LogP contribution in [0.2, 0.25) is 0 Å². The molecule has 3 saturated heterocycles. The van der Waals surface area contributed by atoms with Crippen molar-refractivity contribution in [2.75, 3.05) is 45.7 Å². The summed E-state index contributed by atoms with van der Waals surface area (Å²) < 4.78 is 10.6. The number of hydrogen-bond donors (Lipinski definition) is 1. The van der Waals surface area contributed by atoms with Gasteiger partial charge in [0.1, 0.15) is 0 Å². The lowest BCUT2D eigenvalue weighted by molar-refractivity contribution is 0.126. The SMILES string of the molecule is COc1ccc(NC(=O)N2C[C@@H]3CC[C@H](C2)N(CC2CC2)C3)cc1OC. The number of hydrogen-bond acceptors (Lipinski definition) is 4. The zero-order valence-electron chi connectivity index (χ0n) is 15.7. The Kier molecular flexibility index (Phi) is 4.94. The number of fused-ring (bicyclic) bond motifs is 4. The number of nitrogens with zero attached hydrogens (tertiary/aromatic N) is 2. The molecule has 0 unspecified atom stereocenters. The first-order chi connectivity index (χ1) is 12.7. The molecule has 26 heavy (non-hydrogen) atoms. The summed E-state index contributed by atoms with van der Waals surface area (Å²) in [6, 6.07) is 5.99. The fraction of sp³-hybridized carbons (Fsp3) is 0.650. The largest absolute Gasteiger partial charge is 0.493 e. The second kappa shape index (κ2) is 7.35. The minimum Gasteiger partial charge on any atom is -0.493 e. The van der Waals surface area contributed by atoms with E-state index in [1.807, 2.05) is 23.1 Å². The van der Waals surface area contributed by atoms with E-state index in [0.717, 1.165) is 31.2 Å². The van der Waals surface area contributed by atoms with Gasteiger partial charge in [0.2, 0.25) is 0 Å². The molecular weight excluding hydrogens is 330 g/mol. The van der Waals surface area contributed by atoms with Crippen LogP contribution in [0, 0.1) is 11.8 Å². The van der Waals surface area contributed by atoms with E-state index in [9.17, 15) is 4.79 Å². The third kappa shape index (κ3) is 3.75. The van der Waals surface area contributed by atoms with Gasteiger partial charge >= 0.3 is 6.03 Å². The monoisotopic (exact) mass is 359 g/mol. The number of amides is 2. The molecule has 0 spiro atoms. The van der Waals surface area contributed by atoms with Crippen molar-refractivity contribution in [2.24, 2.45) is 11.8 Å². The second-order valence-corrected chi connectivity index (χ2v) is 7.90. The first-order valence-corrected chi connectivity index (χ1v) is 9.68. The average Bonchev–Trinajstić information content (AvgIpc) is 3.49. The molecule has 1 aromatic rings. The van der Waals surface area contributed by atoms with E-state index in [2.05, 4.69) is 10.2 Å². The fourth-order valence-corrected chi connectivity index (χ4v) is 4.32. The Bertz CT molecular complexity index is 662. The number of piperidine rings is 1. The lowest BCUT2D eigenvalue weighted by Crippen LogP contribution is -2.45. The van der Waals surface area contributed by atoms with Crippen LogP contribution in [-0.2, 0) is 0 Å². The molecule has 1 N–H and O–H groups in total. The lowest BCUT2D eigenvalue weighted by Gasteiger charge is -2.36. The van der Waals surface area contributed by atoms with Crippen LogP contribution >= 0.6 is 0 Å². The molecule has 0 aromatic heterocycles. The molecule has 2 atom stereocenters. The Morgan fingerprint density at radius 1 is 1.08 bits per heavy atom. The maximum Gasteiger partial charge on any atom is 0.321 e. The van der Waals surface area contributed by atoms with E-state index in [-0.39, 0.29) is 6.03 Å². The van der Waals surface area contributed by atoms with E-state index in [4.69, 9.17) is 9.47 Å². The fourth-order valence-electron chi connectivity index (χ4n) is 4.32. The standard InChI is InChI=1S/C20H29N3O3/c1-25-18-8-6-16(9-19(18)26-2)21-20(24)23-12-15-5-7-17(13-23)22(11-15)10-14-3-4-14/h6,8-9,14-15,17H,3-5,7,10-13H2,1-2H3,(H,21,24)/t15-,17-/m1/s1. The molecule has 3 aliphatic heterocycles. The molecule has 0 radical (unpaired) electrons. The van der Waals surface area contributed by atoms with Crippen LogP contribution in [0.15, 0.2) is 18.2 Å². The van der Waals surface area contributed by atoms with Crippen molar-refractivity contribution in [3.05, 3.63) is 18.2 Å². The number of carbonyl (C=O) groups is 1. The predicted octanol–water partition coefficient (Wildman–Crippen LogP) is 3.04. The molecule has 5 rings (SSSR count). The third-order valence-electron chi connectivity index (χ3n) is 5.94. The molecule has 1 aromatic carbocycles. The van der Waals surface area contributed by atoms with E-state index in [1.165, 1.54) is 32.2 Å². The molecule has 2 amide bonds. The van der Waals surface area contributed by atoms with Crippen molar-refractivity contribution >= 4 is 11.7 Å². The van der Waals surface area contributed by atoms with Crippen molar-refractivity contribution in [3.63, 3.8) is 0 Å². The van der Waals surface area contributed by atoms with E-state index in [1.54, 1.807) is 14.2 Å². The van der Waals surface area contributed by atoms with Gasteiger partial charge in [-0.2, -0.15) is 0 Å². The smallest absolute Gasteiger partial charge is 0.321 e. The van der Waals surface area contributed by atoms with Crippen molar-refractivity contribution in [1.29, 1.82) is 0 Å². The van der Waals surface area contributed by atoms with E-state index in [0.29, 0.717) is 23.5 Å². The number of urea groups is 1. The van der Waals surface area contributed by atoms with Crippen LogP contribution in [0.5, 0.6) is 11.5 Å². The van der Waals surface area contributed by atoms with Gasteiger partial charge < -0.3 is 19.7 Å². The summed E-state index contributed by atoms with van der Waals surface area (Å²) in [4.78, 5) is 17.5. The molecule has 142 valence electrons. The number of carbonyl (C=O) groups excluding carboxylic acids is 1. The number of anilines is 1. The number of methoxy groups -OCH3 is 2. The van der Waals surface area contributed by atoms with Gasteiger partial charge in [-0.1, -0.05) is 0 Å². The highest BCUT2D eigenvalue weighted by Gasteiger charge is 2.38. The van der Waals surface area contributed by atoms with Crippen molar-refractivity contribution < 1.29 is 14.3 Å². The van der Waals surface area contributed by atoms with Gasteiger partial charge in [0, 0.05) is 44.0 Å². The van der Waals surface area contributed by atoms with Gasteiger partial charge in [0.05, 0.1) is 14.2 Å². The summed E-state index contributed by atoms with van der Waals surface area (Å²) in [7, 11) is 3.21. The molecule has 2 bridgehead atoms. The molecule has 1 saturated carbocycles. The number of benzene rings is 1. The van der Waals surface area contributed by atoms with E-state index < -0.39 is 0 Å². The second-order valence-electron chi connectivity index (χ2n) is 7.90. The Morgan fingerprint density at radius 3 is 2.62 bits per heavy atom. The van der Waals surface area contributed by atoms with Crippen molar-refractivity contribution in [2.45, 2.75) is 31.7 Å². The minimum atomic E-state index is -0.0117. The van der Waals surface area contributed by atoms with Gasteiger partial charge in [-0.3, -0.25) is 4.90 Å². The van der Waals surface area contributed by atoms with Crippen LogP contribution in [0.25, 0.3) is 0 Å². The summed E-state index contributed by atoms with van der Waals surface area (Å²) in [5, 5.41) is 3.04. The Morgan fingerprint density at radius 2 is 1.88 bits per heavy atom. The third-order valence-corrected chi connectivity index (χ3v) is 5.94. The molecular formula is C20H29N3O3. The van der Waals surface area contributed by atoms with Gasteiger partial charge in [0.15, 0.2) is 11.5 Å². The number of nitrogens with one attached hydrogen (secondary N) is 1. The van der Waals surface area contributed by atoms with Crippen LogP contribution in [-0.4, -0.2) is 62.3 Å². The maximum atomic E-state index is 12.9. The highest BCUT2D eigenvalue weighted by molar-refractivity contribution is 5.89. The van der Waals surface area contributed by atoms with Crippen LogP contribution in [0.1, 0.15) is 25.7 Å². The maximum absolute atomic E-state index is 12.9. The van der Waals surface area contributed by atoms with Crippen LogP contribution in [0.4, 0.5) is 10.5 Å². The Balaban J connectivity index is 1.42. The lowest BCUT2D eigenvalue weighted by atomic mass is 9.95. The first kappa shape index (κ1) is 17.5. The molecule has 1 aliphatic carbocycles. The molecule has 6 heteroatoms. The summed E-state index contributed by atoms with van der Waals surface area (Å²) in [5.74, 6) is 2.79. The van der Waals surface area contributed by atoms with Crippen molar-refractivity contribution in [1.82, 2.24) is 9.80 Å². The van der Waals surface area contributed by atoms with Crippen LogP contribution in [0.3, 0.4) is 0 Å². The molecule has 4 fully saturated rings. The summed E-state index contributed by atoms with van der Waals surface area (Å²) in [6.45, 7) is 4.08. The Hall–Kier alpha value is -1.95. The molecule has 4 aliphatic rings. The number of rotatable bonds is 5. The Labute approximate surface area is 155 Å². The van der Waals surface area contributed by atoms with Gasteiger partial charge in [-0.05, 0) is 49.7 Å². The highest BCUT2D eigenvalue weighted by Crippen LogP contribution is 2.35. The topological polar surface area (TPSA) is 54.0 Å². The van der Waals surface area contributed by atoms with Gasteiger partial charge in [0.25, 0.3) is 0 Å².